The Morgan fingerprint density at radius 1 is 0.905 bits per heavy atom. The SMILES string of the molecule is Cc1ccc(-c2sc3ncnn3c2-c2ccccc2)cc1. The summed E-state index contributed by atoms with van der Waals surface area (Å²) < 4.78 is 1.93. The average molecular weight is 291 g/mol. The molecule has 0 unspecified atom stereocenters. The first-order valence-electron chi connectivity index (χ1n) is 6.78. The van der Waals surface area contributed by atoms with Gasteiger partial charge in [-0.05, 0) is 12.5 Å². The van der Waals surface area contributed by atoms with Crippen molar-refractivity contribution in [3.63, 3.8) is 0 Å². The van der Waals surface area contributed by atoms with Crippen LogP contribution in [0.15, 0.2) is 60.9 Å². The molecule has 0 aliphatic rings. The summed E-state index contributed by atoms with van der Waals surface area (Å²) in [6.07, 6.45) is 1.61. The third-order valence-corrected chi connectivity index (χ3v) is 4.59. The molecule has 4 aromatic rings. The standard InChI is InChI=1S/C17H13N3S/c1-12-7-9-14(10-8-12)16-15(13-5-3-2-4-6-13)20-17(21-16)18-11-19-20/h2-11H,1H3. The van der Waals surface area contributed by atoms with E-state index >= 15 is 0 Å². The van der Waals surface area contributed by atoms with Crippen LogP contribution < -0.4 is 0 Å². The van der Waals surface area contributed by atoms with Crippen LogP contribution >= 0.6 is 11.3 Å². The minimum Gasteiger partial charge on any atom is -0.206 e. The fraction of sp³-hybridized carbons (Fsp3) is 0.0588. The van der Waals surface area contributed by atoms with Gasteiger partial charge >= 0.3 is 0 Å². The molecule has 0 saturated heterocycles. The number of aromatic nitrogens is 3. The van der Waals surface area contributed by atoms with Crippen molar-refractivity contribution in [1.29, 1.82) is 0 Å². The first-order chi connectivity index (χ1) is 10.3. The topological polar surface area (TPSA) is 30.2 Å². The zero-order chi connectivity index (χ0) is 14.2. The van der Waals surface area contributed by atoms with Gasteiger partial charge in [0.2, 0.25) is 4.96 Å². The van der Waals surface area contributed by atoms with Gasteiger partial charge in [-0.25, -0.2) is 9.50 Å². The summed E-state index contributed by atoms with van der Waals surface area (Å²) in [6.45, 7) is 2.10. The molecule has 0 aliphatic carbocycles. The van der Waals surface area contributed by atoms with Gasteiger partial charge in [-0.1, -0.05) is 71.5 Å². The number of hydrogen-bond donors (Lipinski definition) is 0. The van der Waals surface area contributed by atoms with Gasteiger partial charge in [-0.2, -0.15) is 5.10 Å². The molecule has 0 saturated carbocycles. The Hall–Kier alpha value is -2.46. The molecule has 102 valence electrons. The van der Waals surface area contributed by atoms with Crippen LogP contribution in [-0.4, -0.2) is 14.6 Å². The first-order valence-corrected chi connectivity index (χ1v) is 7.59. The van der Waals surface area contributed by atoms with Gasteiger partial charge in [0.25, 0.3) is 0 Å². The lowest BCUT2D eigenvalue weighted by molar-refractivity contribution is 0.985. The number of thiazole rings is 1. The van der Waals surface area contributed by atoms with E-state index in [1.54, 1.807) is 17.7 Å². The largest absolute Gasteiger partial charge is 0.213 e. The van der Waals surface area contributed by atoms with Crippen LogP contribution in [0.1, 0.15) is 5.56 Å². The first kappa shape index (κ1) is 12.3. The average Bonchev–Trinajstić information content (AvgIpc) is 3.09. The normalized spacial score (nSPS) is 11.1. The highest BCUT2D eigenvalue weighted by atomic mass is 32.1. The summed E-state index contributed by atoms with van der Waals surface area (Å²) in [6, 6.07) is 18.9. The molecular weight excluding hydrogens is 278 g/mol. The molecule has 2 heterocycles. The van der Waals surface area contributed by atoms with Gasteiger partial charge in [0.05, 0.1) is 10.6 Å². The molecule has 2 aromatic carbocycles. The molecule has 0 fully saturated rings. The van der Waals surface area contributed by atoms with E-state index in [4.69, 9.17) is 0 Å². The monoisotopic (exact) mass is 291 g/mol. The highest BCUT2D eigenvalue weighted by Gasteiger charge is 2.16. The van der Waals surface area contributed by atoms with Crippen LogP contribution in [0.25, 0.3) is 26.7 Å². The Morgan fingerprint density at radius 2 is 1.67 bits per heavy atom. The van der Waals surface area contributed by atoms with Crippen molar-refractivity contribution in [2.24, 2.45) is 0 Å². The number of fused-ring (bicyclic) bond motifs is 1. The number of nitrogens with zero attached hydrogens (tertiary/aromatic N) is 3. The van der Waals surface area contributed by atoms with E-state index < -0.39 is 0 Å². The molecule has 0 N–H and O–H groups in total. The molecule has 0 atom stereocenters. The number of aryl methyl sites for hydroxylation is 1. The van der Waals surface area contributed by atoms with Crippen LogP contribution in [0.3, 0.4) is 0 Å². The van der Waals surface area contributed by atoms with E-state index in [9.17, 15) is 0 Å². The predicted octanol–water partition coefficient (Wildman–Crippen LogP) is 4.43. The van der Waals surface area contributed by atoms with Gasteiger partial charge in [0.15, 0.2) is 0 Å². The summed E-state index contributed by atoms with van der Waals surface area (Å²) in [5, 5.41) is 4.37. The Balaban J connectivity index is 2.01. The minimum atomic E-state index is 0.921. The second kappa shape index (κ2) is 4.82. The molecule has 3 nitrogen and oxygen atoms in total. The summed E-state index contributed by atoms with van der Waals surface area (Å²) in [4.78, 5) is 6.47. The third kappa shape index (κ3) is 2.04. The number of benzene rings is 2. The summed E-state index contributed by atoms with van der Waals surface area (Å²) in [5.74, 6) is 0. The van der Waals surface area contributed by atoms with Crippen LogP contribution in [0.5, 0.6) is 0 Å². The molecule has 21 heavy (non-hydrogen) atoms. The summed E-state index contributed by atoms with van der Waals surface area (Å²) in [5.41, 5.74) is 4.73. The number of rotatable bonds is 2. The maximum Gasteiger partial charge on any atom is 0.213 e. The molecule has 4 rings (SSSR count). The predicted molar refractivity (Wildman–Crippen MR) is 86.5 cm³/mol. The highest BCUT2D eigenvalue weighted by Crippen LogP contribution is 2.38. The van der Waals surface area contributed by atoms with Crippen LogP contribution in [0.4, 0.5) is 0 Å². The zero-order valence-electron chi connectivity index (χ0n) is 11.5. The highest BCUT2D eigenvalue weighted by molar-refractivity contribution is 7.20. The van der Waals surface area contributed by atoms with E-state index in [1.807, 2.05) is 10.6 Å². The summed E-state index contributed by atoms with van der Waals surface area (Å²) in [7, 11) is 0. The van der Waals surface area contributed by atoms with Gasteiger partial charge in [0, 0.05) is 5.56 Å². The van der Waals surface area contributed by atoms with Gasteiger partial charge in [-0.3, -0.25) is 0 Å². The van der Waals surface area contributed by atoms with E-state index in [2.05, 4.69) is 65.5 Å². The van der Waals surface area contributed by atoms with E-state index in [1.165, 1.54) is 16.0 Å². The maximum atomic E-state index is 4.37. The van der Waals surface area contributed by atoms with Crippen molar-refractivity contribution in [3.05, 3.63) is 66.5 Å². The van der Waals surface area contributed by atoms with Crippen LogP contribution in [0.2, 0.25) is 0 Å². The molecule has 0 amide bonds. The maximum absolute atomic E-state index is 4.37. The molecule has 0 bridgehead atoms. The van der Waals surface area contributed by atoms with Crippen molar-refractivity contribution >= 4 is 16.3 Å². The van der Waals surface area contributed by atoms with Gasteiger partial charge in [0.1, 0.15) is 6.33 Å². The third-order valence-electron chi connectivity index (χ3n) is 3.50. The lowest BCUT2D eigenvalue weighted by Crippen LogP contribution is -1.89. The van der Waals surface area contributed by atoms with Crippen molar-refractivity contribution in [2.45, 2.75) is 6.92 Å². The second-order valence-electron chi connectivity index (χ2n) is 4.97. The van der Waals surface area contributed by atoms with Gasteiger partial charge in [-0.15, -0.1) is 0 Å². The molecule has 4 heteroatoms. The smallest absolute Gasteiger partial charge is 0.206 e. The van der Waals surface area contributed by atoms with E-state index in [0.717, 1.165) is 16.2 Å². The molecule has 0 spiro atoms. The zero-order valence-corrected chi connectivity index (χ0v) is 12.3. The lowest BCUT2D eigenvalue weighted by Gasteiger charge is -2.05. The van der Waals surface area contributed by atoms with Crippen molar-refractivity contribution in [1.82, 2.24) is 14.6 Å². The van der Waals surface area contributed by atoms with E-state index in [-0.39, 0.29) is 0 Å². The quantitative estimate of drug-likeness (QED) is 0.547. The Kier molecular flexibility index (Phi) is 2.82. The fourth-order valence-corrected chi connectivity index (χ4v) is 3.50. The molecule has 0 aliphatic heterocycles. The van der Waals surface area contributed by atoms with E-state index in [0.29, 0.717) is 0 Å². The van der Waals surface area contributed by atoms with Crippen molar-refractivity contribution in [2.75, 3.05) is 0 Å². The van der Waals surface area contributed by atoms with Crippen LogP contribution in [-0.2, 0) is 0 Å². The van der Waals surface area contributed by atoms with Gasteiger partial charge < -0.3 is 0 Å². The fourth-order valence-electron chi connectivity index (χ4n) is 2.44. The van der Waals surface area contributed by atoms with Crippen molar-refractivity contribution < 1.29 is 0 Å². The summed E-state index contributed by atoms with van der Waals surface area (Å²) >= 11 is 1.67. The number of hydrogen-bond acceptors (Lipinski definition) is 3. The second-order valence-corrected chi connectivity index (χ2v) is 5.94. The molecule has 2 aromatic heterocycles. The van der Waals surface area contributed by atoms with Crippen molar-refractivity contribution in [3.8, 4) is 21.7 Å². The Bertz CT molecular complexity index is 889. The molecule has 0 radical (unpaired) electrons. The molecular formula is C17H13N3S. The Labute approximate surface area is 126 Å². The lowest BCUT2D eigenvalue weighted by atomic mass is 10.1. The Morgan fingerprint density at radius 3 is 2.43 bits per heavy atom. The van der Waals surface area contributed by atoms with Crippen LogP contribution in [0, 0.1) is 6.92 Å². The minimum absolute atomic E-state index is 0.921.